The Balaban J connectivity index is 2.09. The lowest BCUT2D eigenvalue weighted by Gasteiger charge is -2.20. The number of ether oxygens (including phenoxy) is 4. The zero-order valence-corrected chi connectivity index (χ0v) is 16.5. The molecule has 2 rings (SSSR count). The Morgan fingerprint density at radius 1 is 1.18 bits per heavy atom. The van der Waals surface area contributed by atoms with Gasteiger partial charge in [-0.1, -0.05) is 12.1 Å². The Morgan fingerprint density at radius 2 is 1.89 bits per heavy atom. The van der Waals surface area contributed by atoms with E-state index in [0.717, 1.165) is 5.56 Å². The molecule has 1 aliphatic carbocycles. The van der Waals surface area contributed by atoms with Crippen LogP contribution in [0.4, 0.5) is 0 Å². The van der Waals surface area contributed by atoms with Gasteiger partial charge in [-0.15, -0.1) is 0 Å². The standard InChI is InChI=1S/C21H25O7/c1-5-26-20(12-15-6-8-16(9-7-15)27-14(2)22)21(23)28-19-13-17(24-3)10-11-18(19)25-4/h6-11,13,18,20H,5,12H2,1-4H3/q+1/t18?,20-/m0/s1. The van der Waals surface area contributed by atoms with E-state index >= 15 is 0 Å². The third-order valence-electron chi connectivity index (χ3n) is 3.95. The molecular weight excluding hydrogens is 364 g/mol. The first-order valence-electron chi connectivity index (χ1n) is 8.91. The van der Waals surface area contributed by atoms with Gasteiger partial charge in [-0.25, -0.2) is 4.79 Å². The van der Waals surface area contributed by atoms with E-state index in [1.54, 1.807) is 42.5 Å². The van der Waals surface area contributed by atoms with Gasteiger partial charge in [-0.05, 0) is 30.7 Å². The van der Waals surface area contributed by atoms with Crippen molar-refractivity contribution in [3.05, 3.63) is 53.8 Å². The Morgan fingerprint density at radius 3 is 2.46 bits per heavy atom. The SMILES string of the molecule is CCO[C@@H](Cc1ccc(OC(C)=O)cc1)C(=O)OC1=CC(=[O+]C)C=CC1OC. The maximum Gasteiger partial charge on any atom is 0.346 e. The van der Waals surface area contributed by atoms with Crippen LogP contribution in [0.25, 0.3) is 0 Å². The average Bonchev–Trinajstić information content (AvgIpc) is 2.68. The van der Waals surface area contributed by atoms with E-state index in [4.69, 9.17) is 23.4 Å². The van der Waals surface area contributed by atoms with Crippen molar-refractivity contribution < 1.29 is 33.0 Å². The van der Waals surface area contributed by atoms with Crippen molar-refractivity contribution in [1.29, 1.82) is 0 Å². The largest absolute Gasteiger partial charge is 0.427 e. The van der Waals surface area contributed by atoms with Crippen molar-refractivity contribution in [3.63, 3.8) is 0 Å². The van der Waals surface area contributed by atoms with Gasteiger partial charge in [0, 0.05) is 33.1 Å². The highest BCUT2D eigenvalue weighted by atomic mass is 16.6. The van der Waals surface area contributed by atoms with E-state index in [-0.39, 0.29) is 0 Å². The molecule has 0 spiro atoms. The first-order chi connectivity index (χ1) is 13.5. The van der Waals surface area contributed by atoms with Crippen molar-refractivity contribution in [3.8, 4) is 5.75 Å². The molecule has 0 saturated carbocycles. The molecule has 0 heterocycles. The number of hydrogen-bond acceptors (Lipinski definition) is 6. The fourth-order valence-electron chi connectivity index (χ4n) is 2.62. The summed E-state index contributed by atoms with van der Waals surface area (Å²) >= 11 is 0. The lowest BCUT2D eigenvalue weighted by molar-refractivity contribution is -0.417. The lowest BCUT2D eigenvalue weighted by Crippen LogP contribution is -2.31. The lowest BCUT2D eigenvalue weighted by atomic mass is 10.1. The maximum atomic E-state index is 12.7. The molecule has 0 fully saturated rings. The van der Waals surface area contributed by atoms with Crippen molar-refractivity contribution in [2.75, 3.05) is 20.8 Å². The van der Waals surface area contributed by atoms with Crippen molar-refractivity contribution in [1.82, 2.24) is 0 Å². The van der Waals surface area contributed by atoms with Crippen molar-refractivity contribution >= 4 is 17.7 Å². The van der Waals surface area contributed by atoms with E-state index in [9.17, 15) is 9.59 Å². The van der Waals surface area contributed by atoms with Gasteiger partial charge in [0.05, 0.1) is 6.08 Å². The van der Waals surface area contributed by atoms with Crippen LogP contribution in [0.1, 0.15) is 19.4 Å². The summed E-state index contributed by atoms with van der Waals surface area (Å²) < 4.78 is 26.6. The van der Waals surface area contributed by atoms with Gasteiger partial charge >= 0.3 is 17.7 Å². The molecule has 0 radical (unpaired) electrons. The fourth-order valence-corrected chi connectivity index (χ4v) is 2.62. The highest BCUT2D eigenvalue weighted by Gasteiger charge is 2.28. The number of ketones is 1. The van der Waals surface area contributed by atoms with E-state index in [0.29, 0.717) is 30.3 Å². The summed E-state index contributed by atoms with van der Waals surface area (Å²) in [5, 5.41) is 0. The average molecular weight is 389 g/mol. The Labute approximate surface area is 164 Å². The van der Waals surface area contributed by atoms with Gasteiger partial charge in [-0.2, -0.15) is 0 Å². The summed E-state index contributed by atoms with van der Waals surface area (Å²) in [5.41, 5.74) is 0.844. The van der Waals surface area contributed by atoms with Crippen molar-refractivity contribution in [2.24, 2.45) is 0 Å². The maximum absolute atomic E-state index is 12.7. The normalized spacial score (nSPS) is 18.5. The second kappa shape index (κ2) is 10.5. The summed E-state index contributed by atoms with van der Waals surface area (Å²) in [6, 6.07) is 6.88. The molecule has 0 amide bonds. The summed E-state index contributed by atoms with van der Waals surface area (Å²) in [6.45, 7) is 3.50. The molecule has 7 heteroatoms. The molecule has 2 atom stereocenters. The van der Waals surface area contributed by atoms with Crippen LogP contribution in [0.5, 0.6) is 5.75 Å². The molecule has 7 nitrogen and oxygen atoms in total. The minimum atomic E-state index is -0.792. The summed E-state index contributed by atoms with van der Waals surface area (Å²) in [5.74, 6) is 0.423. The van der Waals surface area contributed by atoms with E-state index in [1.165, 1.54) is 21.1 Å². The second-order valence-corrected chi connectivity index (χ2v) is 5.98. The van der Waals surface area contributed by atoms with E-state index in [2.05, 4.69) is 0 Å². The molecular formula is C21H25O7+. The predicted octanol–water partition coefficient (Wildman–Crippen LogP) is 2.31. The summed E-state index contributed by atoms with van der Waals surface area (Å²) in [7, 11) is 3.06. The fraction of sp³-hybridized carbons (Fsp3) is 0.381. The van der Waals surface area contributed by atoms with Gasteiger partial charge in [-0.3, -0.25) is 9.22 Å². The van der Waals surface area contributed by atoms with Gasteiger partial charge < -0.3 is 18.9 Å². The number of hydrogen-bond donors (Lipinski definition) is 0. The van der Waals surface area contributed by atoms with E-state index < -0.39 is 24.1 Å². The third-order valence-corrected chi connectivity index (χ3v) is 3.95. The molecule has 0 aromatic heterocycles. The molecule has 1 aromatic rings. The topological polar surface area (TPSA) is 82.4 Å². The summed E-state index contributed by atoms with van der Waals surface area (Å²) in [6.07, 6.45) is 4.15. The van der Waals surface area contributed by atoms with Gasteiger partial charge in [0.2, 0.25) is 0 Å². The highest BCUT2D eigenvalue weighted by Crippen LogP contribution is 2.19. The number of benzene rings is 1. The van der Waals surface area contributed by atoms with Crippen LogP contribution in [0.3, 0.4) is 0 Å². The number of esters is 2. The molecule has 1 unspecified atom stereocenters. The second-order valence-electron chi connectivity index (χ2n) is 5.98. The number of allylic oxidation sites excluding steroid dienone is 2. The molecule has 28 heavy (non-hydrogen) atoms. The Bertz CT molecular complexity index is 774. The van der Waals surface area contributed by atoms with Crippen LogP contribution in [0, 0.1) is 0 Å². The van der Waals surface area contributed by atoms with Crippen LogP contribution in [0.15, 0.2) is 48.3 Å². The third kappa shape index (κ3) is 6.14. The first-order valence-corrected chi connectivity index (χ1v) is 8.91. The molecule has 1 aliphatic rings. The van der Waals surface area contributed by atoms with Crippen molar-refractivity contribution in [2.45, 2.75) is 32.5 Å². The molecule has 0 N–H and O–H groups in total. The molecule has 0 bridgehead atoms. The molecule has 1 aromatic carbocycles. The number of carbonyl (C=O) groups is 2. The van der Waals surface area contributed by atoms with Gasteiger partial charge in [0.25, 0.3) is 7.11 Å². The van der Waals surface area contributed by atoms with Gasteiger partial charge in [0.1, 0.15) is 17.6 Å². The number of rotatable bonds is 8. The molecule has 0 aliphatic heterocycles. The van der Waals surface area contributed by atoms with Gasteiger partial charge in [0.15, 0.2) is 6.10 Å². The minimum Gasteiger partial charge on any atom is -0.427 e. The quantitative estimate of drug-likeness (QED) is 0.386. The predicted molar refractivity (Wildman–Crippen MR) is 102 cm³/mol. The minimum absolute atomic E-state index is 0.314. The molecule has 0 saturated heterocycles. The van der Waals surface area contributed by atoms with Crippen LogP contribution >= 0.6 is 0 Å². The number of carbonyl (C=O) groups excluding carboxylic acids is 3. The molecule has 150 valence electrons. The summed E-state index contributed by atoms with van der Waals surface area (Å²) in [4.78, 5) is 23.7. The van der Waals surface area contributed by atoms with Crippen LogP contribution in [0.2, 0.25) is 0 Å². The Hall–Kier alpha value is -2.77. The number of methoxy groups -OCH3 is 1. The zero-order chi connectivity index (χ0) is 20.5. The first kappa shape index (κ1) is 21.5. The Kier molecular flexibility index (Phi) is 8.10. The van der Waals surface area contributed by atoms with Crippen LogP contribution < -0.4 is 4.74 Å². The smallest absolute Gasteiger partial charge is 0.346 e. The monoisotopic (exact) mass is 389 g/mol. The van der Waals surface area contributed by atoms with E-state index in [1.807, 2.05) is 6.92 Å². The zero-order valence-electron chi connectivity index (χ0n) is 16.5. The highest BCUT2D eigenvalue weighted by molar-refractivity contribution is 6.01. The van der Waals surface area contributed by atoms with Crippen LogP contribution in [-0.2, 0) is 34.6 Å². The van der Waals surface area contributed by atoms with Crippen LogP contribution in [-0.4, -0.2) is 50.8 Å².